The highest BCUT2D eigenvalue weighted by Crippen LogP contribution is 2.33. The fourth-order valence-corrected chi connectivity index (χ4v) is 2.21. The number of benzene rings is 1. The summed E-state index contributed by atoms with van der Waals surface area (Å²) < 4.78 is 5.22. The van der Waals surface area contributed by atoms with E-state index in [4.69, 9.17) is 4.74 Å². The highest BCUT2D eigenvalue weighted by molar-refractivity contribution is 5.50. The third kappa shape index (κ3) is 2.70. The molecule has 1 aromatic rings. The summed E-state index contributed by atoms with van der Waals surface area (Å²) in [4.78, 5) is 2.33. The number of aromatic hydroxyl groups is 1. The third-order valence-corrected chi connectivity index (χ3v) is 3.22. The molecule has 1 heterocycles. The molecule has 0 aliphatic carbocycles. The van der Waals surface area contributed by atoms with Gasteiger partial charge in [-0.05, 0) is 12.5 Å². The minimum absolute atomic E-state index is 0.283. The lowest BCUT2D eigenvalue weighted by Crippen LogP contribution is -2.42. The zero-order valence-corrected chi connectivity index (χ0v) is 10.5. The summed E-state index contributed by atoms with van der Waals surface area (Å²) in [6, 6.07) is 3.98. The van der Waals surface area contributed by atoms with E-state index in [1.165, 1.54) is 0 Å². The highest BCUT2D eigenvalue weighted by atomic mass is 16.5. The Kier molecular flexibility index (Phi) is 3.86. The number of aryl methyl sites for hydroxylation is 1. The number of rotatable bonds is 3. The smallest absolute Gasteiger partial charge is 0.163 e. The highest BCUT2D eigenvalue weighted by Gasteiger charge is 2.15. The van der Waals surface area contributed by atoms with Crippen molar-refractivity contribution in [2.24, 2.45) is 0 Å². The first-order chi connectivity index (χ1) is 8.22. The van der Waals surface area contributed by atoms with Crippen molar-refractivity contribution in [2.45, 2.75) is 13.5 Å². The Labute approximate surface area is 102 Å². The average molecular weight is 236 g/mol. The zero-order chi connectivity index (χ0) is 12.3. The molecule has 0 amide bonds. The largest absolute Gasteiger partial charge is 0.504 e. The molecule has 2 N–H and O–H groups in total. The number of ether oxygens (including phenoxy) is 1. The number of nitrogens with zero attached hydrogens (tertiary/aromatic N) is 1. The van der Waals surface area contributed by atoms with Crippen LogP contribution in [0.4, 0.5) is 0 Å². The van der Waals surface area contributed by atoms with Crippen LogP contribution in [0.1, 0.15) is 11.1 Å². The lowest BCUT2D eigenvalue weighted by molar-refractivity contribution is 0.229. The molecule has 1 aliphatic heterocycles. The molecule has 4 nitrogen and oxygen atoms in total. The van der Waals surface area contributed by atoms with Crippen LogP contribution in [-0.2, 0) is 6.54 Å². The summed E-state index contributed by atoms with van der Waals surface area (Å²) in [5.41, 5.74) is 1.91. The minimum Gasteiger partial charge on any atom is -0.504 e. The van der Waals surface area contributed by atoms with Gasteiger partial charge in [-0.1, -0.05) is 12.1 Å². The Morgan fingerprint density at radius 3 is 2.71 bits per heavy atom. The first-order valence-electron chi connectivity index (χ1n) is 6.01. The van der Waals surface area contributed by atoms with Crippen LogP contribution < -0.4 is 10.1 Å². The molecule has 0 saturated carbocycles. The summed E-state index contributed by atoms with van der Waals surface area (Å²) in [7, 11) is 1.59. The Morgan fingerprint density at radius 2 is 2.06 bits per heavy atom. The van der Waals surface area contributed by atoms with Gasteiger partial charge in [-0.2, -0.15) is 0 Å². The summed E-state index contributed by atoms with van der Waals surface area (Å²) in [5, 5.41) is 13.5. The van der Waals surface area contributed by atoms with Gasteiger partial charge >= 0.3 is 0 Å². The Bertz CT molecular complexity index is 387. The molecule has 1 aromatic carbocycles. The molecule has 2 rings (SSSR count). The number of phenols is 1. The number of piperazine rings is 1. The number of phenolic OH excluding ortho intramolecular Hbond substituents is 1. The molecule has 1 saturated heterocycles. The monoisotopic (exact) mass is 236 g/mol. The topological polar surface area (TPSA) is 44.7 Å². The first kappa shape index (κ1) is 12.2. The normalized spacial score (nSPS) is 17.1. The number of hydrogen-bond acceptors (Lipinski definition) is 4. The van der Waals surface area contributed by atoms with Gasteiger partial charge in [-0.25, -0.2) is 0 Å². The van der Waals surface area contributed by atoms with Gasteiger partial charge in [0.1, 0.15) is 0 Å². The Morgan fingerprint density at radius 1 is 1.35 bits per heavy atom. The molecular weight excluding hydrogens is 216 g/mol. The van der Waals surface area contributed by atoms with E-state index < -0.39 is 0 Å². The van der Waals surface area contributed by atoms with Gasteiger partial charge in [0, 0.05) is 38.3 Å². The molecular formula is C13H20N2O2. The number of methoxy groups -OCH3 is 1. The van der Waals surface area contributed by atoms with Crippen LogP contribution in [-0.4, -0.2) is 43.3 Å². The van der Waals surface area contributed by atoms with Gasteiger partial charge in [0.2, 0.25) is 0 Å². The first-order valence-corrected chi connectivity index (χ1v) is 6.01. The summed E-state index contributed by atoms with van der Waals surface area (Å²) in [5.74, 6) is 0.878. The zero-order valence-electron chi connectivity index (χ0n) is 10.5. The van der Waals surface area contributed by atoms with Crippen LogP contribution in [0.5, 0.6) is 11.5 Å². The van der Waals surface area contributed by atoms with Crippen molar-refractivity contribution in [1.29, 1.82) is 0 Å². The van der Waals surface area contributed by atoms with E-state index in [0.717, 1.165) is 43.9 Å². The van der Waals surface area contributed by atoms with Crippen LogP contribution in [0.25, 0.3) is 0 Å². The lowest BCUT2D eigenvalue weighted by Gasteiger charge is -2.27. The third-order valence-electron chi connectivity index (χ3n) is 3.22. The van der Waals surface area contributed by atoms with Gasteiger partial charge in [0.25, 0.3) is 0 Å². The minimum atomic E-state index is 0.283. The molecule has 0 spiro atoms. The fourth-order valence-electron chi connectivity index (χ4n) is 2.21. The van der Waals surface area contributed by atoms with Crippen molar-refractivity contribution in [3.05, 3.63) is 23.3 Å². The Balaban J connectivity index is 2.15. The van der Waals surface area contributed by atoms with Gasteiger partial charge in [-0.3, -0.25) is 4.90 Å². The summed E-state index contributed by atoms with van der Waals surface area (Å²) >= 11 is 0. The van der Waals surface area contributed by atoms with E-state index >= 15 is 0 Å². The SMILES string of the molecule is COc1c(C)ccc(CN2CCNCC2)c1O. The number of nitrogens with one attached hydrogen (secondary N) is 1. The van der Waals surface area contributed by atoms with Crippen molar-refractivity contribution in [1.82, 2.24) is 10.2 Å². The van der Waals surface area contributed by atoms with Crippen molar-refractivity contribution < 1.29 is 9.84 Å². The second-order valence-electron chi connectivity index (χ2n) is 4.45. The molecule has 94 valence electrons. The maximum Gasteiger partial charge on any atom is 0.163 e. The summed E-state index contributed by atoms with van der Waals surface area (Å²) in [6.45, 7) is 6.80. The van der Waals surface area contributed by atoms with E-state index in [2.05, 4.69) is 10.2 Å². The fraction of sp³-hybridized carbons (Fsp3) is 0.538. The maximum atomic E-state index is 10.1. The van der Waals surface area contributed by atoms with Gasteiger partial charge in [0.15, 0.2) is 11.5 Å². The van der Waals surface area contributed by atoms with Crippen LogP contribution in [0.3, 0.4) is 0 Å². The van der Waals surface area contributed by atoms with Crippen molar-refractivity contribution in [2.75, 3.05) is 33.3 Å². The van der Waals surface area contributed by atoms with E-state index in [-0.39, 0.29) is 5.75 Å². The van der Waals surface area contributed by atoms with E-state index in [1.54, 1.807) is 7.11 Å². The standard InChI is InChI=1S/C13H20N2O2/c1-10-3-4-11(12(16)13(10)17-2)9-15-7-5-14-6-8-15/h3-4,14,16H,5-9H2,1-2H3. The van der Waals surface area contributed by atoms with Crippen molar-refractivity contribution in [3.63, 3.8) is 0 Å². The molecule has 1 aliphatic rings. The second-order valence-corrected chi connectivity index (χ2v) is 4.45. The van der Waals surface area contributed by atoms with E-state index in [1.807, 2.05) is 19.1 Å². The Hall–Kier alpha value is -1.26. The molecule has 0 unspecified atom stereocenters. The van der Waals surface area contributed by atoms with Crippen LogP contribution in [0.2, 0.25) is 0 Å². The molecule has 17 heavy (non-hydrogen) atoms. The predicted octanol–water partition coefficient (Wildman–Crippen LogP) is 1.11. The number of hydrogen-bond donors (Lipinski definition) is 2. The van der Waals surface area contributed by atoms with Gasteiger partial charge in [-0.15, -0.1) is 0 Å². The molecule has 0 radical (unpaired) electrons. The molecule has 0 atom stereocenters. The quantitative estimate of drug-likeness (QED) is 0.825. The molecule has 1 fully saturated rings. The van der Waals surface area contributed by atoms with Crippen LogP contribution >= 0.6 is 0 Å². The predicted molar refractivity (Wildman–Crippen MR) is 67.5 cm³/mol. The van der Waals surface area contributed by atoms with Gasteiger partial charge < -0.3 is 15.2 Å². The maximum absolute atomic E-state index is 10.1. The van der Waals surface area contributed by atoms with E-state index in [0.29, 0.717) is 5.75 Å². The molecule has 0 aromatic heterocycles. The second kappa shape index (κ2) is 5.38. The van der Waals surface area contributed by atoms with E-state index in [9.17, 15) is 5.11 Å². The van der Waals surface area contributed by atoms with Crippen molar-refractivity contribution in [3.8, 4) is 11.5 Å². The lowest BCUT2D eigenvalue weighted by atomic mass is 10.1. The van der Waals surface area contributed by atoms with Crippen molar-refractivity contribution >= 4 is 0 Å². The van der Waals surface area contributed by atoms with Crippen LogP contribution in [0, 0.1) is 6.92 Å². The molecule has 0 bridgehead atoms. The van der Waals surface area contributed by atoms with Gasteiger partial charge in [0.05, 0.1) is 7.11 Å². The molecule has 4 heteroatoms. The average Bonchev–Trinajstić information content (AvgIpc) is 2.35. The summed E-state index contributed by atoms with van der Waals surface area (Å²) in [6.07, 6.45) is 0. The van der Waals surface area contributed by atoms with Crippen LogP contribution in [0.15, 0.2) is 12.1 Å².